The van der Waals surface area contributed by atoms with E-state index in [1.165, 1.54) is 9.80 Å². The lowest BCUT2D eigenvalue weighted by atomic mass is 10.1. The lowest BCUT2D eigenvalue weighted by Gasteiger charge is -2.17. The summed E-state index contributed by atoms with van der Waals surface area (Å²) in [5.41, 5.74) is 7.00. The van der Waals surface area contributed by atoms with Crippen LogP contribution in [0, 0.1) is 0 Å². The molecule has 9 heteroatoms. The Hall–Kier alpha value is -2.68. The van der Waals surface area contributed by atoms with Crippen LogP contribution in [0.25, 0.3) is 0 Å². The summed E-state index contributed by atoms with van der Waals surface area (Å²) in [4.78, 5) is 37.4. The number of primary amides is 1. The van der Waals surface area contributed by atoms with Crippen LogP contribution in [-0.2, 0) is 20.7 Å². The van der Waals surface area contributed by atoms with Gasteiger partial charge < -0.3 is 21.5 Å². The molecule has 5 N–H and O–H groups in total. The first kappa shape index (κ1) is 16.7. The highest BCUT2D eigenvalue weighted by molar-refractivity contribution is 6.02. The number of carbonyl (C=O) groups is 3. The second kappa shape index (κ2) is 6.21. The Balaban J connectivity index is 0.00000192. The van der Waals surface area contributed by atoms with Crippen LogP contribution in [0.1, 0.15) is 5.56 Å². The van der Waals surface area contributed by atoms with Crippen molar-refractivity contribution in [2.75, 3.05) is 29.6 Å². The van der Waals surface area contributed by atoms with Gasteiger partial charge in [0.1, 0.15) is 6.67 Å². The number of anilines is 2. The van der Waals surface area contributed by atoms with Crippen LogP contribution in [0.5, 0.6) is 0 Å². The van der Waals surface area contributed by atoms with Crippen LogP contribution in [0.4, 0.5) is 20.6 Å². The number of alkyl halides is 1. The van der Waals surface area contributed by atoms with Gasteiger partial charge in [0.05, 0.1) is 19.5 Å². The number of hydrogen-bond donors (Lipinski definition) is 2. The van der Waals surface area contributed by atoms with Gasteiger partial charge in [-0.3, -0.25) is 14.5 Å². The van der Waals surface area contributed by atoms with Crippen molar-refractivity contribution in [3.05, 3.63) is 23.8 Å². The second-order valence-corrected chi connectivity index (χ2v) is 5.11. The van der Waals surface area contributed by atoms with E-state index >= 15 is 0 Å². The third kappa shape index (κ3) is 2.82. The Morgan fingerprint density at radius 3 is 2.74 bits per heavy atom. The summed E-state index contributed by atoms with van der Waals surface area (Å²) < 4.78 is 17.4. The normalized spacial score (nSPS) is 19.4. The first-order valence-corrected chi connectivity index (χ1v) is 6.78. The molecule has 23 heavy (non-hydrogen) atoms. The molecule has 1 fully saturated rings. The maximum atomic E-state index is 12.5. The van der Waals surface area contributed by atoms with Crippen LogP contribution in [0.3, 0.4) is 0 Å². The van der Waals surface area contributed by atoms with Crippen LogP contribution in [-0.4, -0.2) is 43.8 Å². The number of amides is 3. The van der Waals surface area contributed by atoms with E-state index in [1.807, 2.05) is 0 Å². The van der Waals surface area contributed by atoms with Crippen molar-refractivity contribution in [1.82, 2.24) is 6.15 Å². The Morgan fingerprint density at radius 1 is 1.39 bits per heavy atom. The van der Waals surface area contributed by atoms with Crippen molar-refractivity contribution in [1.29, 1.82) is 0 Å². The first-order valence-electron chi connectivity index (χ1n) is 6.78. The standard InChI is InChI=1S/C14H14FN3O4.H3N/c15-3-4-17-10-2-1-9(5-8(10)6-12(17)19)18-7-11(13(16)20)22-14(18)21;/h1-2,5,11H,3-4,6-7H2,(H2,16,20);1H3/t11-;/m1./s1. The average molecular weight is 324 g/mol. The van der Waals surface area contributed by atoms with Crippen molar-refractivity contribution in [3.63, 3.8) is 0 Å². The predicted octanol–water partition coefficient (Wildman–Crippen LogP) is 0.518. The van der Waals surface area contributed by atoms with Crippen LogP contribution in [0.2, 0.25) is 0 Å². The number of nitrogens with two attached hydrogens (primary N) is 1. The molecule has 3 rings (SSSR count). The van der Waals surface area contributed by atoms with Crippen LogP contribution in [0.15, 0.2) is 18.2 Å². The van der Waals surface area contributed by atoms with Gasteiger partial charge in [0, 0.05) is 11.4 Å². The Morgan fingerprint density at radius 2 is 2.13 bits per heavy atom. The Kier molecular flexibility index (Phi) is 4.50. The number of nitrogens with zero attached hydrogens (tertiary/aromatic N) is 2. The molecule has 0 aromatic heterocycles. The SMILES string of the molecule is N.NC(=O)[C@H]1CN(c2ccc3c(c2)CC(=O)N3CCF)C(=O)O1. The molecule has 0 spiro atoms. The summed E-state index contributed by atoms with van der Waals surface area (Å²) in [6.45, 7) is -0.568. The maximum absolute atomic E-state index is 12.5. The first-order chi connectivity index (χ1) is 10.5. The molecule has 3 amide bonds. The third-order valence-corrected chi connectivity index (χ3v) is 3.75. The highest BCUT2D eigenvalue weighted by atomic mass is 19.1. The fraction of sp³-hybridized carbons (Fsp3) is 0.357. The van der Waals surface area contributed by atoms with E-state index in [1.54, 1.807) is 18.2 Å². The summed E-state index contributed by atoms with van der Waals surface area (Å²) in [6.07, 6.45) is -1.48. The van der Waals surface area contributed by atoms with Crippen LogP contribution >= 0.6 is 0 Å². The van der Waals surface area contributed by atoms with E-state index in [2.05, 4.69) is 0 Å². The molecule has 0 bridgehead atoms. The minimum absolute atomic E-state index is 0. The molecule has 2 heterocycles. The Bertz CT molecular complexity index is 666. The predicted molar refractivity (Wildman–Crippen MR) is 80.3 cm³/mol. The monoisotopic (exact) mass is 324 g/mol. The van der Waals surface area contributed by atoms with Crippen molar-refractivity contribution < 1.29 is 23.5 Å². The fourth-order valence-corrected chi connectivity index (χ4v) is 2.69. The van der Waals surface area contributed by atoms with E-state index in [9.17, 15) is 18.8 Å². The van der Waals surface area contributed by atoms with Gasteiger partial charge in [-0.15, -0.1) is 0 Å². The van der Waals surface area contributed by atoms with Gasteiger partial charge in [-0.2, -0.15) is 0 Å². The minimum Gasteiger partial charge on any atom is -0.434 e. The highest BCUT2D eigenvalue weighted by Crippen LogP contribution is 2.33. The molecule has 2 aliphatic rings. The van der Waals surface area contributed by atoms with Crippen molar-refractivity contribution >= 4 is 29.3 Å². The van der Waals surface area contributed by atoms with E-state index in [4.69, 9.17) is 10.5 Å². The molecule has 0 aliphatic carbocycles. The number of hydrogen-bond acceptors (Lipinski definition) is 5. The number of rotatable bonds is 4. The van der Waals surface area contributed by atoms with Crippen molar-refractivity contribution in [3.8, 4) is 0 Å². The highest BCUT2D eigenvalue weighted by Gasteiger charge is 2.36. The second-order valence-electron chi connectivity index (χ2n) is 5.11. The molecule has 0 saturated carbocycles. The fourth-order valence-electron chi connectivity index (χ4n) is 2.69. The molecule has 8 nitrogen and oxygen atoms in total. The molecule has 1 atom stereocenters. The minimum atomic E-state index is -0.981. The topological polar surface area (TPSA) is 128 Å². The number of benzene rings is 1. The number of cyclic esters (lactones) is 1. The van der Waals surface area contributed by atoms with E-state index in [-0.39, 0.29) is 31.6 Å². The van der Waals surface area contributed by atoms with Gasteiger partial charge in [-0.05, 0) is 23.8 Å². The number of halogens is 1. The largest absolute Gasteiger partial charge is 0.434 e. The number of ether oxygens (including phenoxy) is 1. The zero-order chi connectivity index (χ0) is 15.9. The molecular weight excluding hydrogens is 307 g/mol. The summed E-state index contributed by atoms with van der Waals surface area (Å²) in [5, 5.41) is 0. The summed E-state index contributed by atoms with van der Waals surface area (Å²) in [6, 6.07) is 4.97. The average Bonchev–Trinajstić information content (AvgIpc) is 3.00. The maximum Gasteiger partial charge on any atom is 0.415 e. The molecular formula is C14H17FN4O4. The number of carbonyl (C=O) groups excluding carboxylic acids is 3. The van der Waals surface area contributed by atoms with Gasteiger partial charge in [0.2, 0.25) is 5.91 Å². The summed E-state index contributed by atoms with van der Waals surface area (Å²) in [5.74, 6) is -0.884. The molecule has 1 aromatic rings. The van der Waals surface area contributed by atoms with Crippen LogP contribution < -0.4 is 21.7 Å². The van der Waals surface area contributed by atoms with E-state index in [0.29, 0.717) is 16.9 Å². The lowest BCUT2D eigenvalue weighted by molar-refractivity contribution is -0.124. The van der Waals surface area contributed by atoms with Gasteiger partial charge in [-0.25, -0.2) is 9.18 Å². The van der Waals surface area contributed by atoms with E-state index in [0.717, 1.165) is 0 Å². The van der Waals surface area contributed by atoms with Crippen molar-refractivity contribution in [2.24, 2.45) is 5.73 Å². The molecule has 0 radical (unpaired) electrons. The molecule has 124 valence electrons. The molecule has 1 saturated heterocycles. The molecule has 1 aromatic carbocycles. The van der Waals surface area contributed by atoms with E-state index < -0.39 is 24.8 Å². The summed E-state index contributed by atoms with van der Waals surface area (Å²) >= 11 is 0. The Labute approximate surface area is 131 Å². The molecule has 2 aliphatic heterocycles. The van der Waals surface area contributed by atoms with Gasteiger partial charge >= 0.3 is 6.09 Å². The van der Waals surface area contributed by atoms with Gasteiger partial charge in [0.25, 0.3) is 5.91 Å². The van der Waals surface area contributed by atoms with Gasteiger partial charge in [-0.1, -0.05) is 0 Å². The third-order valence-electron chi connectivity index (χ3n) is 3.75. The van der Waals surface area contributed by atoms with Crippen molar-refractivity contribution in [2.45, 2.75) is 12.5 Å². The number of fused-ring (bicyclic) bond motifs is 1. The zero-order valence-corrected chi connectivity index (χ0v) is 12.3. The zero-order valence-electron chi connectivity index (χ0n) is 12.3. The summed E-state index contributed by atoms with van der Waals surface area (Å²) in [7, 11) is 0. The quantitative estimate of drug-likeness (QED) is 0.834. The smallest absolute Gasteiger partial charge is 0.415 e. The van der Waals surface area contributed by atoms with Gasteiger partial charge in [0.15, 0.2) is 6.10 Å². The lowest BCUT2D eigenvalue weighted by Crippen LogP contribution is -2.32. The molecule has 0 unspecified atom stereocenters.